The van der Waals surface area contributed by atoms with Crippen molar-refractivity contribution in [2.45, 2.75) is 12.8 Å². The van der Waals surface area contributed by atoms with Crippen LogP contribution in [0.4, 0.5) is 0 Å². The number of methoxy groups -OCH3 is 1. The summed E-state index contributed by atoms with van der Waals surface area (Å²) in [5.41, 5.74) is 0.723. The van der Waals surface area contributed by atoms with Gasteiger partial charge in [-0.15, -0.1) is 0 Å². The average Bonchev–Trinajstić information content (AvgIpc) is 2.81. The molecule has 0 atom stereocenters. The maximum Gasteiger partial charge on any atom is 0.253 e. The Morgan fingerprint density at radius 1 is 1.19 bits per heavy atom. The maximum absolute atomic E-state index is 12.4. The Morgan fingerprint density at radius 3 is 2.76 bits per heavy atom. The van der Waals surface area contributed by atoms with E-state index in [0.717, 1.165) is 50.3 Å². The highest BCUT2D eigenvalue weighted by molar-refractivity contribution is 5.94. The van der Waals surface area contributed by atoms with E-state index >= 15 is 0 Å². The Morgan fingerprint density at radius 2 is 2.00 bits per heavy atom. The monoisotopic (exact) mass is 292 g/mol. The van der Waals surface area contributed by atoms with Crippen LogP contribution in [0.5, 0.6) is 5.75 Å². The van der Waals surface area contributed by atoms with E-state index in [-0.39, 0.29) is 5.91 Å². The second-order valence-corrected chi connectivity index (χ2v) is 5.11. The molecule has 1 aliphatic heterocycles. The van der Waals surface area contributed by atoms with Crippen LogP contribution in [0.1, 0.15) is 23.2 Å². The van der Waals surface area contributed by atoms with Crippen molar-refractivity contribution >= 4 is 5.91 Å². The largest absolute Gasteiger partial charge is 0.494 e. The first kappa shape index (κ1) is 15.8. The number of nitrogens with one attached hydrogen (secondary N) is 1. The number of hydrogen-bond acceptors (Lipinski definition) is 4. The number of carbonyl (C=O) groups is 1. The normalized spacial score (nSPS) is 15.6. The van der Waals surface area contributed by atoms with Gasteiger partial charge < -0.3 is 19.7 Å². The molecule has 1 saturated heterocycles. The molecule has 0 radical (unpaired) electrons. The van der Waals surface area contributed by atoms with Gasteiger partial charge in [0.1, 0.15) is 5.75 Å². The zero-order valence-electron chi connectivity index (χ0n) is 12.6. The third kappa shape index (κ3) is 5.02. The summed E-state index contributed by atoms with van der Waals surface area (Å²) < 4.78 is 10.6. The molecule has 5 heteroatoms. The van der Waals surface area contributed by atoms with Gasteiger partial charge in [-0.05, 0) is 37.2 Å². The number of benzene rings is 1. The van der Waals surface area contributed by atoms with Gasteiger partial charge in [0.15, 0.2) is 0 Å². The predicted molar refractivity (Wildman–Crippen MR) is 81.8 cm³/mol. The van der Waals surface area contributed by atoms with Gasteiger partial charge in [0.25, 0.3) is 5.91 Å². The van der Waals surface area contributed by atoms with Crippen LogP contribution in [0.25, 0.3) is 0 Å². The summed E-state index contributed by atoms with van der Waals surface area (Å²) in [5, 5.41) is 3.30. The van der Waals surface area contributed by atoms with Crippen LogP contribution in [-0.4, -0.2) is 57.3 Å². The van der Waals surface area contributed by atoms with Gasteiger partial charge in [-0.25, -0.2) is 0 Å². The number of nitrogens with zero attached hydrogens (tertiary/aromatic N) is 1. The lowest BCUT2D eigenvalue weighted by molar-refractivity contribution is 0.0766. The molecule has 2 rings (SSSR count). The van der Waals surface area contributed by atoms with Gasteiger partial charge in [0.2, 0.25) is 0 Å². The van der Waals surface area contributed by atoms with Crippen LogP contribution in [-0.2, 0) is 4.74 Å². The SMILES string of the molecule is COCCCOc1ccc(C(=O)N2CCCNCC2)cc1. The number of ether oxygens (including phenoxy) is 2. The van der Waals surface area contributed by atoms with Gasteiger partial charge in [-0.2, -0.15) is 0 Å². The molecule has 1 N–H and O–H groups in total. The Balaban J connectivity index is 1.86. The van der Waals surface area contributed by atoms with Gasteiger partial charge in [0.05, 0.1) is 6.61 Å². The quantitative estimate of drug-likeness (QED) is 0.808. The number of hydrogen-bond donors (Lipinski definition) is 1. The third-order valence-corrected chi connectivity index (χ3v) is 3.49. The molecule has 116 valence electrons. The van der Waals surface area contributed by atoms with Crippen LogP contribution in [0.15, 0.2) is 24.3 Å². The van der Waals surface area contributed by atoms with E-state index in [1.165, 1.54) is 0 Å². The standard InChI is InChI=1S/C16H24N2O3/c1-20-12-3-13-21-15-6-4-14(5-7-15)16(19)18-10-2-8-17-9-11-18/h4-7,17H,2-3,8-13H2,1H3. The Labute approximate surface area is 126 Å². The number of rotatable bonds is 6. The molecular formula is C16H24N2O3. The van der Waals surface area contributed by atoms with Crippen LogP contribution >= 0.6 is 0 Å². The third-order valence-electron chi connectivity index (χ3n) is 3.49. The summed E-state index contributed by atoms with van der Waals surface area (Å²) in [4.78, 5) is 14.3. The highest BCUT2D eigenvalue weighted by Gasteiger charge is 2.16. The summed E-state index contributed by atoms with van der Waals surface area (Å²) >= 11 is 0. The van der Waals surface area contributed by atoms with Crippen LogP contribution in [0.3, 0.4) is 0 Å². The van der Waals surface area contributed by atoms with E-state index in [2.05, 4.69) is 5.32 Å². The summed E-state index contributed by atoms with van der Waals surface area (Å²) in [5.74, 6) is 0.893. The molecule has 0 bridgehead atoms. The van der Waals surface area contributed by atoms with Crippen molar-refractivity contribution in [3.63, 3.8) is 0 Å². The Kier molecular flexibility index (Phi) is 6.50. The molecule has 1 amide bonds. The minimum atomic E-state index is 0.102. The Hall–Kier alpha value is -1.59. The first-order valence-corrected chi connectivity index (χ1v) is 7.53. The van der Waals surface area contributed by atoms with Gasteiger partial charge in [-0.3, -0.25) is 4.79 Å². The molecule has 0 aromatic heterocycles. The summed E-state index contributed by atoms with van der Waals surface area (Å²) in [6, 6.07) is 7.39. The molecule has 0 aliphatic carbocycles. The van der Waals surface area contributed by atoms with Crippen molar-refractivity contribution in [3.8, 4) is 5.75 Å². The zero-order valence-corrected chi connectivity index (χ0v) is 12.6. The molecule has 0 saturated carbocycles. The fourth-order valence-corrected chi connectivity index (χ4v) is 2.32. The summed E-state index contributed by atoms with van der Waals surface area (Å²) in [7, 11) is 1.68. The fraction of sp³-hybridized carbons (Fsp3) is 0.562. The lowest BCUT2D eigenvalue weighted by atomic mass is 10.2. The molecular weight excluding hydrogens is 268 g/mol. The lowest BCUT2D eigenvalue weighted by Crippen LogP contribution is -2.34. The number of carbonyl (C=O) groups excluding carboxylic acids is 1. The number of amides is 1. The lowest BCUT2D eigenvalue weighted by Gasteiger charge is -2.20. The van der Waals surface area contributed by atoms with E-state index in [1.54, 1.807) is 7.11 Å². The van der Waals surface area contributed by atoms with Crippen LogP contribution in [0, 0.1) is 0 Å². The summed E-state index contributed by atoms with van der Waals surface area (Å²) in [6.07, 6.45) is 1.87. The minimum Gasteiger partial charge on any atom is -0.494 e. The van der Waals surface area contributed by atoms with Crippen molar-refractivity contribution in [3.05, 3.63) is 29.8 Å². The maximum atomic E-state index is 12.4. The van der Waals surface area contributed by atoms with Gasteiger partial charge >= 0.3 is 0 Å². The molecule has 1 fully saturated rings. The second kappa shape index (κ2) is 8.64. The molecule has 1 aromatic rings. The molecule has 1 heterocycles. The van der Waals surface area contributed by atoms with Gasteiger partial charge in [0, 0.05) is 45.3 Å². The first-order valence-electron chi connectivity index (χ1n) is 7.53. The van der Waals surface area contributed by atoms with Crippen LogP contribution < -0.4 is 10.1 Å². The van der Waals surface area contributed by atoms with E-state index in [1.807, 2.05) is 29.2 Å². The fourth-order valence-electron chi connectivity index (χ4n) is 2.32. The van der Waals surface area contributed by atoms with Crippen molar-refractivity contribution in [1.82, 2.24) is 10.2 Å². The van der Waals surface area contributed by atoms with Crippen molar-refractivity contribution in [2.24, 2.45) is 0 Å². The Bertz CT molecular complexity index is 426. The van der Waals surface area contributed by atoms with Crippen molar-refractivity contribution in [2.75, 3.05) is 46.5 Å². The molecule has 1 aliphatic rings. The molecule has 0 unspecified atom stereocenters. The van der Waals surface area contributed by atoms with Crippen molar-refractivity contribution < 1.29 is 14.3 Å². The van der Waals surface area contributed by atoms with E-state index < -0.39 is 0 Å². The highest BCUT2D eigenvalue weighted by Crippen LogP contribution is 2.14. The molecule has 1 aromatic carbocycles. The predicted octanol–water partition coefficient (Wildman–Crippen LogP) is 1.54. The highest BCUT2D eigenvalue weighted by atomic mass is 16.5. The molecule has 5 nitrogen and oxygen atoms in total. The minimum absolute atomic E-state index is 0.102. The molecule has 0 spiro atoms. The first-order chi connectivity index (χ1) is 10.3. The zero-order chi connectivity index (χ0) is 14.9. The average molecular weight is 292 g/mol. The van der Waals surface area contributed by atoms with Crippen molar-refractivity contribution in [1.29, 1.82) is 0 Å². The van der Waals surface area contributed by atoms with Crippen LogP contribution in [0.2, 0.25) is 0 Å². The smallest absolute Gasteiger partial charge is 0.253 e. The summed E-state index contributed by atoms with van der Waals surface area (Å²) in [6.45, 7) is 4.76. The topological polar surface area (TPSA) is 50.8 Å². The van der Waals surface area contributed by atoms with E-state index in [4.69, 9.17) is 9.47 Å². The molecule has 21 heavy (non-hydrogen) atoms. The van der Waals surface area contributed by atoms with Gasteiger partial charge in [-0.1, -0.05) is 0 Å². The van der Waals surface area contributed by atoms with E-state index in [0.29, 0.717) is 13.2 Å². The van der Waals surface area contributed by atoms with E-state index in [9.17, 15) is 4.79 Å². The second-order valence-electron chi connectivity index (χ2n) is 5.11.